The third kappa shape index (κ3) is 8.95. The summed E-state index contributed by atoms with van der Waals surface area (Å²) in [5, 5.41) is 15.2. The first-order valence-electron chi connectivity index (χ1n) is 18.5. The maximum atomic E-state index is 12.2. The summed E-state index contributed by atoms with van der Waals surface area (Å²) in [5.74, 6) is 0.286. The fourth-order valence-electron chi connectivity index (χ4n) is 6.50. The standard InChI is InChI=1S/C30H32NSSi.C15H28O2.Ir/c1-18-13-19(2)27-25(14-18)31-28(23-17-26(32-29(23)27)33(6,7)8)21-15-20-11-9-10-12-22(20)24(16-21)30(3,4)5;1-7-14(5,8-2)12(16)11-13(17)15(6,9-3)10-4;/h9-14,16-17H,1-8H3;11,16H,7-10H2,1-6H3;/q-1;;/b;12-11-;. The average Bonchev–Trinajstić information content (AvgIpc) is 3.52. The van der Waals surface area contributed by atoms with Gasteiger partial charge in [0.05, 0.1) is 13.6 Å². The number of nitrogens with zero attached hydrogens (tertiary/aromatic N) is 1. The zero-order valence-corrected chi connectivity index (χ0v) is 37.8. The Kier molecular flexibility index (Phi) is 13.6. The van der Waals surface area contributed by atoms with Crippen molar-refractivity contribution in [3.05, 3.63) is 83.1 Å². The molecule has 0 saturated carbocycles. The van der Waals surface area contributed by atoms with Crippen molar-refractivity contribution >= 4 is 61.5 Å². The van der Waals surface area contributed by atoms with E-state index in [1.165, 1.54) is 48.1 Å². The van der Waals surface area contributed by atoms with Gasteiger partial charge in [0.1, 0.15) is 5.76 Å². The van der Waals surface area contributed by atoms with Gasteiger partial charge in [0.15, 0.2) is 5.78 Å². The minimum Gasteiger partial charge on any atom is -0.512 e. The van der Waals surface area contributed by atoms with Crippen LogP contribution in [0.4, 0.5) is 0 Å². The minimum atomic E-state index is -1.46. The Hall–Kier alpha value is -2.63. The van der Waals surface area contributed by atoms with Crippen LogP contribution in [0.25, 0.3) is 43.0 Å². The molecule has 0 aliphatic rings. The topological polar surface area (TPSA) is 50.2 Å². The monoisotopic (exact) mass is 899 g/mol. The summed E-state index contributed by atoms with van der Waals surface area (Å²) in [4.78, 5) is 17.5. The number of ketones is 1. The predicted molar refractivity (Wildman–Crippen MR) is 223 cm³/mol. The SMILES string of the molecule is CCC(C)(CC)C(=O)/C=C(\O)C(C)(CC)CC.Cc1cc(C)c2c(c1)nc(-c1[c-]c3ccccc3c(C(C)(C)C)c1)c1cc([Si](C)(C)C)sc12.[Ir]. The van der Waals surface area contributed by atoms with Gasteiger partial charge in [-0.2, -0.15) is 0 Å². The summed E-state index contributed by atoms with van der Waals surface area (Å²) >= 11 is 1.98. The van der Waals surface area contributed by atoms with Crippen molar-refractivity contribution in [1.82, 2.24) is 4.98 Å². The number of aryl methyl sites for hydroxylation is 2. The van der Waals surface area contributed by atoms with E-state index in [9.17, 15) is 9.90 Å². The van der Waals surface area contributed by atoms with Crippen LogP contribution in [-0.4, -0.2) is 23.9 Å². The van der Waals surface area contributed by atoms with Gasteiger partial charge in [0.2, 0.25) is 0 Å². The van der Waals surface area contributed by atoms with Gasteiger partial charge in [-0.3, -0.25) is 9.78 Å². The van der Waals surface area contributed by atoms with Crippen LogP contribution in [0, 0.1) is 30.7 Å². The number of fused-ring (bicyclic) bond motifs is 4. The molecule has 0 aliphatic carbocycles. The smallest absolute Gasteiger partial charge is 0.164 e. The molecule has 2 heterocycles. The number of carbonyl (C=O) groups is 1. The molecule has 3 aromatic carbocycles. The second-order valence-corrected chi connectivity index (χ2v) is 23.3. The van der Waals surface area contributed by atoms with Crippen molar-refractivity contribution in [3.8, 4) is 11.3 Å². The minimum absolute atomic E-state index is 0. The summed E-state index contributed by atoms with van der Waals surface area (Å²) in [6.45, 7) is 30.7. The Morgan fingerprint density at radius 2 is 1.45 bits per heavy atom. The molecule has 0 unspecified atom stereocenters. The second-order valence-electron chi connectivity index (χ2n) is 16.9. The summed E-state index contributed by atoms with van der Waals surface area (Å²) in [6.07, 6.45) is 4.75. The molecule has 0 amide bonds. The molecule has 5 rings (SSSR count). The van der Waals surface area contributed by atoms with Crippen LogP contribution in [0.5, 0.6) is 0 Å². The van der Waals surface area contributed by atoms with Crippen LogP contribution < -0.4 is 4.50 Å². The zero-order valence-electron chi connectivity index (χ0n) is 33.6. The molecule has 1 radical (unpaired) electrons. The number of thiophene rings is 1. The molecular weight excluding hydrogens is 839 g/mol. The Morgan fingerprint density at radius 3 is 2.00 bits per heavy atom. The maximum absolute atomic E-state index is 12.2. The number of aromatic nitrogens is 1. The van der Waals surface area contributed by atoms with Crippen LogP contribution in [0.1, 0.15) is 105 Å². The van der Waals surface area contributed by atoms with Crippen molar-refractivity contribution in [2.24, 2.45) is 10.8 Å². The molecule has 277 valence electrons. The largest absolute Gasteiger partial charge is 0.512 e. The van der Waals surface area contributed by atoms with Crippen molar-refractivity contribution in [2.45, 2.75) is 127 Å². The first-order chi connectivity index (χ1) is 23.2. The molecule has 0 saturated heterocycles. The van der Waals surface area contributed by atoms with Crippen LogP contribution >= 0.6 is 11.3 Å². The fourth-order valence-corrected chi connectivity index (χ4v) is 9.64. The van der Waals surface area contributed by atoms with Crippen molar-refractivity contribution < 1.29 is 30.0 Å². The van der Waals surface area contributed by atoms with E-state index in [1.807, 2.05) is 52.9 Å². The van der Waals surface area contributed by atoms with E-state index in [2.05, 4.69) is 109 Å². The first kappa shape index (κ1) is 42.8. The van der Waals surface area contributed by atoms with Crippen molar-refractivity contribution in [2.75, 3.05) is 0 Å². The summed E-state index contributed by atoms with van der Waals surface area (Å²) in [7, 11) is -1.46. The molecule has 0 aliphatic heterocycles. The van der Waals surface area contributed by atoms with E-state index in [1.54, 1.807) is 0 Å². The molecule has 51 heavy (non-hydrogen) atoms. The van der Waals surface area contributed by atoms with Crippen LogP contribution in [0.15, 0.2) is 60.4 Å². The third-order valence-corrected chi connectivity index (χ3v) is 15.8. The van der Waals surface area contributed by atoms with E-state index < -0.39 is 8.07 Å². The number of hydrogen-bond donors (Lipinski definition) is 1. The normalized spacial score (nSPS) is 12.9. The fraction of sp³-hybridized carbons (Fsp3) is 0.467. The van der Waals surface area contributed by atoms with Gasteiger partial charge < -0.3 is 5.11 Å². The Balaban J connectivity index is 0.000000335. The zero-order chi connectivity index (χ0) is 37.4. The van der Waals surface area contributed by atoms with Gasteiger partial charge in [-0.05, 0) is 78.1 Å². The Labute approximate surface area is 326 Å². The van der Waals surface area contributed by atoms with E-state index >= 15 is 0 Å². The average molecular weight is 899 g/mol. The van der Waals surface area contributed by atoms with Gasteiger partial charge in [0, 0.05) is 52.8 Å². The number of benzene rings is 3. The van der Waals surface area contributed by atoms with Crippen LogP contribution in [0.2, 0.25) is 19.6 Å². The first-order valence-corrected chi connectivity index (χ1v) is 22.8. The van der Waals surface area contributed by atoms with Gasteiger partial charge in [-0.1, -0.05) is 117 Å². The summed E-state index contributed by atoms with van der Waals surface area (Å²) in [5.41, 5.74) is 6.62. The molecule has 0 bridgehead atoms. The van der Waals surface area contributed by atoms with Gasteiger partial charge in [-0.15, -0.1) is 40.5 Å². The number of allylic oxidation sites excluding steroid dienone is 2. The molecule has 0 atom stereocenters. The molecule has 1 N–H and O–H groups in total. The van der Waals surface area contributed by atoms with Gasteiger partial charge in [0.25, 0.3) is 0 Å². The number of aliphatic hydroxyl groups is 1. The van der Waals surface area contributed by atoms with Crippen molar-refractivity contribution in [1.29, 1.82) is 0 Å². The van der Waals surface area contributed by atoms with Gasteiger partial charge in [-0.25, -0.2) is 0 Å². The quantitative estimate of drug-likeness (QED) is 0.0694. The summed E-state index contributed by atoms with van der Waals surface area (Å²) < 4.78 is 2.91. The Morgan fingerprint density at radius 1 is 0.863 bits per heavy atom. The molecule has 3 nitrogen and oxygen atoms in total. The van der Waals surface area contributed by atoms with E-state index in [0.29, 0.717) is 0 Å². The van der Waals surface area contributed by atoms with E-state index in [0.717, 1.165) is 47.8 Å². The third-order valence-electron chi connectivity index (χ3n) is 11.1. The van der Waals surface area contributed by atoms with E-state index in [4.69, 9.17) is 4.98 Å². The number of hydrogen-bond acceptors (Lipinski definition) is 4. The maximum Gasteiger partial charge on any atom is 0.164 e. The summed E-state index contributed by atoms with van der Waals surface area (Å²) in [6, 6.07) is 21.7. The molecule has 5 aromatic rings. The van der Waals surface area contributed by atoms with Crippen LogP contribution in [0.3, 0.4) is 0 Å². The van der Waals surface area contributed by atoms with E-state index in [-0.39, 0.29) is 47.9 Å². The van der Waals surface area contributed by atoms with Gasteiger partial charge >= 0.3 is 0 Å². The van der Waals surface area contributed by atoms with Crippen LogP contribution in [-0.2, 0) is 30.3 Å². The molecule has 6 heteroatoms. The van der Waals surface area contributed by atoms with Crippen molar-refractivity contribution in [3.63, 3.8) is 0 Å². The predicted octanol–water partition coefficient (Wildman–Crippen LogP) is 13.2. The molecule has 0 fully saturated rings. The second kappa shape index (κ2) is 16.2. The Bertz CT molecular complexity index is 2050. The number of aliphatic hydroxyl groups excluding tert-OH is 1. The molecular formula is C45H60IrNO2SSi-. The number of rotatable bonds is 9. The molecule has 0 spiro atoms. The number of pyridine rings is 1. The molecule has 2 aromatic heterocycles. The number of carbonyl (C=O) groups excluding carboxylic acids is 1.